The molecule has 21 nitrogen and oxygen atoms in total. The van der Waals surface area contributed by atoms with E-state index < -0.39 is 98.1 Å². The first-order chi connectivity index (χ1) is 25.7. The zero-order valence-corrected chi connectivity index (χ0v) is 30.9. The third-order valence-electron chi connectivity index (χ3n) is 7.97. The molecule has 0 aliphatic carbocycles. The summed E-state index contributed by atoms with van der Waals surface area (Å²) in [6.45, 7) is 2.71. The number of primary amides is 3. The van der Waals surface area contributed by atoms with Crippen LogP contribution in [0.15, 0.2) is 48.5 Å². The third-order valence-corrected chi connectivity index (χ3v) is 8.42. The molecule has 0 bridgehead atoms. The Morgan fingerprint density at radius 3 is 1.96 bits per heavy atom. The van der Waals surface area contributed by atoms with Gasteiger partial charge in [0, 0.05) is 24.1 Å². The molecule has 0 radical (unpaired) electrons. The van der Waals surface area contributed by atoms with E-state index in [9.17, 15) is 42.9 Å². The fourth-order valence-electron chi connectivity index (χ4n) is 4.93. The lowest BCUT2D eigenvalue weighted by molar-refractivity contribution is -0.136. The van der Waals surface area contributed by atoms with Crippen LogP contribution in [0.1, 0.15) is 55.5 Å². The van der Waals surface area contributed by atoms with Crippen molar-refractivity contribution in [3.05, 3.63) is 59.7 Å². The molecule has 0 fully saturated rings. The molecule has 0 unspecified atom stereocenters. The average Bonchev–Trinajstić information content (AvgIpc) is 3.09. The van der Waals surface area contributed by atoms with Gasteiger partial charge in [-0.3, -0.25) is 48.1 Å². The molecule has 8 amide bonds. The minimum absolute atomic E-state index is 0.168. The highest BCUT2D eigenvalue weighted by Gasteiger charge is 2.34. The molecule has 22 heteroatoms. The second-order valence-electron chi connectivity index (χ2n) is 12.4. The molecule has 2 aromatic carbocycles. The Morgan fingerprint density at radius 1 is 0.800 bits per heavy atom. The predicted molar refractivity (Wildman–Crippen MR) is 195 cm³/mol. The number of nitrogen functional groups attached to an aromatic ring is 1. The Bertz CT molecular complexity index is 1790. The molecule has 2 rings (SSSR count). The first kappa shape index (κ1) is 45.1. The third kappa shape index (κ3) is 16.2. The van der Waals surface area contributed by atoms with E-state index >= 15 is 0 Å². The van der Waals surface area contributed by atoms with E-state index in [0.717, 1.165) is 0 Å². The van der Waals surface area contributed by atoms with Gasteiger partial charge >= 0.3 is 7.82 Å². The number of nitrogens with one attached hydrogen (secondary N) is 5. The van der Waals surface area contributed by atoms with Gasteiger partial charge in [-0.05, 0) is 48.2 Å². The van der Waals surface area contributed by atoms with Crippen LogP contribution < -0.4 is 54.0 Å². The molecule has 0 aliphatic rings. The van der Waals surface area contributed by atoms with Gasteiger partial charge < -0.3 is 54.0 Å². The summed E-state index contributed by atoms with van der Waals surface area (Å²) >= 11 is 0. The zero-order chi connectivity index (χ0) is 41.5. The molecule has 0 saturated heterocycles. The Labute approximate surface area is 315 Å². The summed E-state index contributed by atoms with van der Waals surface area (Å²) in [6.07, 6.45) is -1.26. The van der Waals surface area contributed by atoms with Crippen molar-refractivity contribution in [2.75, 3.05) is 12.3 Å². The minimum Gasteiger partial charge on any atom is -0.404 e. The highest BCUT2D eigenvalue weighted by atomic mass is 31.2. The summed E-state index contributed by atoms with van der Waals surface area (Å²) in [5.41, 5.74) is 22.3. The van der Waals surface area contributed by atoms with Gasteiger partial charge in [0.05, 0.1) is 13.0 Å². The van der Waals surface area contributed by atoms with Gasteiger partial charge in [-0.2, -0.15) is 0 Å². The van der Waals surface area contributed by atoms with E-state index in [4.69, 9.17) is 32.7 Å². The van der Waals surface area contributed by atoms with Crippen LogP contribution in [-0.4, -0.2) is 87.8 Å². The van der Waals surface area contributed by atoms with E-state index in [2.05, 4.69) is 31.1 Å². The lowest BCUT2D eigenvalue weighted by Gasteiger charge is -2.28. The number of rotatable bonds is 22. The topological polar surface area (TPSA) is 368 Å². The van der Waals surface area contributed by atoms with Crippen LogP contribution in [0.5, 0.6) is 5.75 Å². The number of phosphoric ester groups is 1. The Balaban J connectivity index is 2.34. The Hall–Kier alpha value is -6.05. The number of carbonyl (C=O) groups is 8. The van der Waals surface area contributed by atoms with Crippen molar-refractivity contribution >= 4 is 60.8 Å². The Kier molecular flexibility index (Phi) is 17.2. The fraction of sp³-hybridized carbons (Fsp3) is 0.394. The van der Waals surface area contributed by atoms with Crippen LogP contribution in [0, 0.1) is 5.92 Å². The van der Waals surface area contributed by atoms with Crippen molar-refractivity contribution in [1.82, 2.24) is 26.6 Å². The van der Waals surface area contributed by atoms with Gasteiger partial charge in [-0.15, -0.1) is 0 Å². The maximum atomic E-state index is 13.8. The number of hydrogen-bond acceptors (Lipinski definition) is 11. The van der Waals surface area contributed by atoms with Crippen molar-refractivity contribution < 1.29 is 57.2 Å². The van der Waals surface area contributed by atoms with Crippen LogP contribution in [0.4, 0.5) is 5.69 Å². The standard InChI is InChI=1S/C33H46N9O12P/c1-3-17(2)28(33(50)41-24(15-26(36)44)31(48)40-22(29(37)46)11-12-25(35)43)42-32(49)23(13-18-7-9-21(10-8-18)54-55(51,52)53)39-27(45)16-38-30(47)19-5-4-6-20(34)14-19/h4-10,14,17,22-24,28H,3,11-13,15-16,34H2,1-2H3,(H2,35,43)(H2,36,44)(H2,37,46)(H,38,47)(H,39,45)(H,40,48)(H,41,50)(H,42,49)(H2,51,52,53)/t17-,22+,23+,24+,28+/m1/s1. The fourth-order valence-corrected chi connectivity index (χ4v) is 5.33. The average molecular weight is 792 g/mol. The summed E-state index contributed by atoms with van der Waals surface area (Å²) in [7, 11) is -4.88. The monoisotopic (exact) mass is 791 g/mol. The highest BCUT2D eigenvalue weighted by Crippen LogP contribution is 2.37. The summed E-state index contributed by atoms with van der Waals surface area (Å²) in [4.78, 5) is 119. The van der Waals surface area contributed by atoms with Crippen LogP contribution in [0.3, 0.4) is 0 Å². The summed E-state index contributed by atoms with van der Waals surface area (Å²) in [5, 5.41) is 12.1. The van der Waals surface area contributed by atoms with Gasteiger partial charge in [0.1, 0.15) is 29.9 Å². The van der Waals surface area contributed by atoms with Crippen molar-refractivity contribution in [3.8, 4) is 5.75 Å². The van der Waals surface area contributed by atoms with Crippen LogP contribution >= 0.6 is 7.82 Å². The SMILES string of the molecule is CC[C@@H](C)[C@H](NC(=O)[C@H](Cc1ccc(OP(=O)(O)O)cc1)NC(=O)CNC(=O)c1cccc(N)c1)C(=O)N[C@@H](CC(N)=O)C(=O)N[C@@H](CCC(N)=O)C(N)=O. The zero-order valence-electron chi connectivity index (χ0n) is 30.0. The molecule has 0 aliphatic heterocycles. The highest BCUT2D eigenvalue weighted by molar-refractivity contribution is 7.46. The molecule has 0 saturated carbocycles. The quantitative estimate of drug-likeness (QED) is 0.0429. The van der Waals surface area contributed by atoms with Crippen molar-refractivity contribution in [2.24, 2.45) is 23.1 Å². The van der Waals surface area contributed by atoms with E-state index in [1.165, 1.54) is 42.5 Å². The second-order valence-corrected chi connectivity index (χ2v) is 13.6. The number of carbonyl (C=O) groups excluding carboxylic acids is 8. The number of benzene rings is 2. The molecule has 0 aromatic heterocycles. The van der Waals surface area contributed by atoms with Gasteiger partial charge in [0.25, 0.3) is 5.91 Å². The van der Waals surface area contributed by atoms with Crippen molar-refractivity contribution in [1.29, 1.82) is 0 Å². The largest absolute Gasteiger partial charge is 0.524 e. The van der Waals surface area contributed by atoms with Gasteiger partial charge in [0.15, 0.2) is 0 Å². The molecule has 0 spiro atoms. The van der Waals surface area contributed by atoms with Gasteiger partial charge in [-0.25, -0.2) is 4.57 Å². The van der Waals surface area contributed by atoms with E-state index in [0.29, 0.717) is 17.7 Å². The summed E-state index contributed by atoms with van der Waals surface area (Å²) in [5.74, 6) is -7.98. The molecule has 2 aromatic rings. The molecule has 0 heterocycles. The van der Waals surface area contributed by atoms with Crippen LogP contribution in [-0.2, 0) is 44.5 Å². The maximum Gasteiger partial charge on any atom is 0.524 e. The van der Waals surface area contributed by atoms with E-state index in [1.54, 1.807) is 19.9 Å². The molecular formula is C33H46N9O12P. The predicted octanol–water partition coefficient (Wildman–Crippen LogP) is -2.68. The van der Waals surface area contributed by atoms with Gasteiger partial charge in [0.2, 0.25) is 41.4 Å². The maximum absolute atomic E-state index is 13.8. The molecule has 15 N–H and O–H groups in total. The lowest BCUT2D eigenvalue weighted by Crippen LogP contribution is -2.60. The Morgan fingerprint density at radius 2 is 1.42 bits per heavy atom. The second kappa shape index (κ2) is 21.0. The van der Waals surface area contributed by atoms with Crippen LogP contribution in [0.2, 0.25) is 0 Å². The van der Waals surface area contributed by atoms with E-state index in [1.807, 2.05) is 0 Å². The number of nitrogens with two attached hydrogens (primary N) is 4. The van der Waals surface area contributed by atoms with Crippen LogP contribution in [0.25, 0.3) is 0 Å². The van der Waals surface area contributed by atoms with E-state index in [-0.39, 0.29) is 30.6 Å². The normalized spacial score (nSPS) is 13.7. The summed E-state index contributed by atoms with van der Waals surface area (Å²) in [6, 6.07) is 5.27. The number of phosphoric acid groups is 1. The van der Waals surface area contributed by atoms with Crippen molar-refractivity contribution in [2.45, 2.75) is 70.1 Å². The van der Waals surface area contributed by atoms with Gasteiger partial charge in [-0.1, -0.05) is 38.5 Å². The number of hydrogen-bond donors (Lipinski definition) is 11. The molecular weight excluding hydrogens is 745 g/mol. The molecule has 55 heavy (non-hydrogen) atoms. The molecule has 300 valence electrons. The first-order valence-electron chi connectivity index (χ1n) is 16.7. The number of amides is 8. The minimum atomic E-state index is -4.88. The van der Waals surface area contributed by atoms with Crippen molar-refractivity contribution in [3.63, 3.8) is 0 Å². The lowest BCUT2D eigenvalue weighted by atomic mass is 9.96. The summed E-state index contributed by atoms with van der Waals surface area (Å²) < 4.78 is 15.8. The molecule has 5 atom stereocenters. The first-order valence-corrected chi connectivity index (χ1v) is 18.3. The number of anilines is 1. The smallest absolute Gasteiger partial charge is 0.404 e.